The van der Waals surface area contributed by atoms with Crippen LogP contribution in [0.4, 0.5) is 0 Å². The number of likely N-dealkylation sites (tertiary alicyclic amines) is 1. The molecule has 0 saturated carbocycles. The molecule has 0 radical (unpaired) electrons. The van der Waals surface area contributed by atoms with Gasteiger partial charge in [0.25, 0.3) is 5.91 Å². The molecular weight excluding hydrogens is 348 g/mol. The molecule has 3 heterocycles. The predicted molar refractivity (Wildman–Crippen MR) is 99.2 cm³/mol. The largest absolute Gasteiger partial charge is 0.425 e. The number of aromatic nitrogens is 3. The maximum atomic E-state index is 12.9. The van der Waals surface area contributed by atoms with Crippen LogP contribution in [-0.2, 0) is 0 Å². The van der Waals surface area contributed by atoms with Gasteiger partial charge in [-0.1, -0.05) is 12.1 Å². The van der Waals surface area contributed by atoms with Crippen molar-refractivity contribution in [2.45, 2.75) is 32.6 Å². The molecular formula is C19H20N4O2S. The maximum absolute atomic E-state index is 12.9. The first-order valence-corrected chi connectivity index (χ1v) is 9.60. The third-order valence-electron chi connectivity index (χ3n) is 4.65. The lowest BCUT2D eigenvalue weighted by atomic mass is 9.96. The number of benzene rings is 1. The second kappa shape index (κ2) is 6.99. The van der Waals surface area contributed by atoms with Crippen molar-refractivity contribution in [2.75, 3.05) is 13.1 Å². The summed E-state index contributed by atoms with van der Waals surface area (Å²) in [6.07, 6.45) is 1.69. The van der Waals surface area contributed by atoms with Crippen LogP contribution in [0.5, 0.6) is 0 Å². The molecule has 1 saturated heterocycles. The molecule has 0 atom stereocenters. The van der Waals surface area contributed by atoms with Crippen LogP contribution in [0.3, 0.4) is 0 Å². The number of aryl methyl sites for hydroxylation is 2. The molecule has 1 aromatic carbocycles. The van der Waals surface area contributed by atoms with Gasteiger partial charge in [0.1, 0.15) is 5.01 Å². The van der Waals surface area contributed by atoms with Crippen molar-refractivity contribution in [1.82, 2.24) is 20.1 Å². The zero-order chi connectivity index (χ0) is 18.1. The van der Waals surface area contributed by atoms with Gasteiger partial charge in [-0.15, -0.1) is 21.5 Å². The maximum Gasteiger partial charge on any atom is 0.253 e. The van der Waals surface area contributed by atoms with Gasteiger partial charge in [-0.05, 0) is 31.9 Å². The lowest BCUT2D eigenvalue weighted by Gasteiger charge is -2.30. The topological polar surface area (TPSA) is 72.1 Å². The smallest absolute Gasteiger partial charge is 0.253 e. The molecule has 0 unspecified atom stereocenters. The van der Waals surface area contributed by atoms with Crippen LogP contribution >= 0.6 is 11.3 Å². The van der Waals surface area contributed by atoms with Crippen molar-refractivity contribution in [3.63, 3.8) is 0 Å². The van der Waals surface area contributed by atoms with Gasteiger partial charge >= 0.3 is 0 Å². The number of hydrogen-bond acceptors (Lipinski definition) is 6. The Kier molecular flexibility index (Phi) is 4.55. The van der Waals surface area contributed by atoms with Gasteiger partial charge in [0.15, 0.2) is 0 Å². The van der Waals surface area contributed by atoms with Gasteiger partial charge in [0.2, 0.25) is 11.8 Å². The van der Waals surface area contributed by atoms with Crippen molar-refractivity contribution < 1.29 is 9.21 Å². The molecule has 134 valence electrons. The molecule has 7 heteroatoms. The molecule has 4 rings (SSSR count). The monoisotopic (exact) mass is 368 g/mol. The minimum absolute atomic E-state index is 0.0697. The van der Waals surface area contributed by atoms with Crippen molar-refractivity contribution in [3.05, 3.63) is 52.7 Å². The van der Waals surface area contributed by atoms with Gasteiger partial charge in [-0.2, -0.15) is 0 Å². The zero-order valence-electron chi connectivity index (χ0n) is 14.8. The molecule has 0 bridgehead atoms. The SMILES string of the molecule is Cc1csc(-c2cccc(C(=O)N3CCC(c4nnc(C)o4)CC3)c2)n1. The Morgan fingerprint density at radius 1 is 1.23 bits per heavy atom. The molecule has 2 aromatic heterocycles. The van der Waals surface area contributed by atoms with Crippen LogP contribution in [0.1, 0.15) is 46.6 Å². The summed E-state index contributed by atoms with van der Waals surface area (Å²) in [6, 6.07) is 7.74. The number of amides is 1. The fourth-order valence-corrected chi connectivity index (χ4v) is 4.06. The number of hydrogen-bond donors (Lipinski definition) is 0. The van der Waals surface area contributed by atoms with Crippen LogP contribution in [0.25, 0.3) is 10.6 Å². The summed E-state index contributed by atoms with van der Waals surface area (Å²) in [5.41, 5.74) is 2.70. The average molecular weight is 368 g/mol. The van der Waals surface area contributed by atoms with E-state index in [1.54, 1.807) is 18.3 Å². The lowest BCUT2D eigenvalue weighted by Crippen LogP contribution is -2.38. The summed E-state index contributed by atoms with van der Waals surface area (Å²) in [5.74, 6) is 1.59. The van der Waals surface area contributed by atoms with Crippen LogP contribution in [0.15, 0.2) is 34.1 Å². The summed E-state index contributed by atoms with van der Waals surface area (Å²) >= 11 is 1.60. The summed E-state index contributed by atoms with van der Waals surface area (Å²) in [5, 5.41) is 11.0. The molecule has 0 N–H and O–H groups in total. The fourth-order valence-electron chi connectivity index (χ4n) is 3.26. The number of piperidine rings is 1. The Morgan fingerprint density at radius 3 is 2.69 bits per heavy atom. The number of carbonyl (C=O) groups is 1. The third kappa shape index (κ3) is 3.39. The Balaban J connectivity index is 1.45. The predicted octanol–water partition coefficient (Wildman–Crippen LogP) is 3.83. The Bertz CT molecular complexity index is 925. The molecule has 1 amide bonds. The highest BCUT2D eigenvalue weighted by atomic mass is 32.1. The van der Waals surface area contributed by atoms with Gasteiger partial charge in [0.05, 0.1) is 0 Å². The van der Waals surface area contributed by atoms with Crippen LogP contribution < -0.4 is 0 Å². The lowest BCUT2D eigenvalue weighted by molar-refractivity contribution is 0.0706. The van der Waals surface area contributed by atoms with Crippen molar-refractivity contribution in [3.8, 4) is 10.6 Å². The summed E-state index contributed by atoms with van der Waals surface area (Å²) in [4.78, 5) is 19.3. The Hall–Kier alpha value is -2.54. The zero-order valence-corrected chi connectivity index (χ0v) is 15.6. The van der Waals surface area contributed by atoms with Gasteiger partial charge in [-0.25, -0.2) is 4.98 Å². The first-order chi connectivity index (χ1) is 12.6. The quantitative estimate of drug-likeness (QED) is 0.702. The molecule has 1 aliphatic rings. The minimum atomic E-state index is 0.0697. The van der Waals surface area contributed by atoms with Crippen LogP contribution in [-0.4, -0.2) is 39.1 Å². The Labute approximate surface area is 155 Å². The molecule has 0 spiro atoms. The van der Waals surface area contributed by atoms with Crippen molar-refractivity contribution >= 4 is 17.2 Å². The molecule has 3 aromatic rings. The minimum Gasteiger partial charge on any atom is -0.425 e. The van der Waals surface area contributed by atoms with Crippen LogP contribution in [0, 0.1) is 13.8 Å². The van der Waals surface area contributed by atoms with Gasteiger partial charge in [-0.3, -0.25) is 4.79 Å². The first-order valence-electron chi connectivity index (χ1n) is 8.72. The van der Waals surface area contributed by atoms with E-state index in [1.165, 1.54) is 0 Å². The number of rotatable bonds is 3. The molecule has 26 heavy (non-hydrogen) atoms. The van der Waals surface area contributed by atoms with E-state index >= 15 is 0 Å². The molecule has 1 aliphatic heterocycles. The van der Waals surface area contributed by atoms with E-state index in [0.717, 1.165) is 29.1 Å². The molecule has 0 aliphatic carbocycles. The fraction of sp³-hybridized carbons (Fsp3) is 0.368. The molecule has 6 nitrogen and oxygen atoms in total. The van der Waals surface area contributed by atoms with E-state index in [1.807, 2.05) is 41.5 Å². The average Bonchev–Trinajstić information content (AvgIpc) is 3.30. The normalized spacial score (nSPS) is 15.4. The molecule has 1 fully saturated rings. The summed E-state index contributed by atoms with van der Waals surface area (Å²) < 4.78 is 5.54. The van der Waals surface area contributed by atoms with Gasteiger partial charge in [0, 0.05) is 48.1 Å². The van der Waals surface area contributed by atoms with E-state index in [2.05, 4.69) is 15.2 Å². The van der Waals surface area contributed by atoms with Crippen molar-refractivity contribution in [2.24, 2.45) is 0 Å². The standard InChI is InChI=1S/C19H20N4O2S/c1-12-11-26-18(20-12)15-4-3-5-16(10-15)19(24)23-8-6-14(7-9-23)17-22-21-13(2)25-17/h3-5,10-11,14H,6-9H2,1-2H3. The number of carbonyl (C=O) groups excluding carboxylic acids is 1. The number of thiazole rings is 1. The van der Waals surface area contributed by atoms with E-state index in [4.69, 9.17) is 4.42 Å². The first kappa shape index (κ1) is 16.9. The summed E-state index contributed by atoms with van der Waals surface area (Å²) in [6.45, 7) is 5.17. The van der Waals surface area contributed by atoms with Crippen molar-refractivity contribution in [1.29, 1.82) is 0 Å². The summed E-state index contributed by atoms with van der Waals surface area (Å²) in [7, 11) is 0. The highest BCUT2D eigenvalue weighted by Gasteiger charge is 2.27. The Morgan fingerprint density at radius 2 is 2.04 bits per heavy atom. The highest BCUT2D eigenvalue weighted by Crippen LogP contribution is 2.29. The van der Waals surface area contributed by atoms with E-state index in [0.29, 0.717) is 30.4 Å². The highest BCUT2D eigenvalue weighted by molar-refractivity contribution is 7.13. The third-order valence-corrected chi connectivity index (χ3v) is 5.66. The second-order valence-electron chi connectivity index (χ2n) is 6.60. The van der Waals surface area contributed by atoms with Gasteiger partial charge < -0.3 is 9.32 Å². The van der Waals surface area contributed by atoms with E-state index in [-0.39, 0.29) is 11.8 Å². The van der Waals surface area contributed by atoms with Crippen LogP contribution in [0.2, 0.25) is 0 Å². The number of nitrogens with zero attached hydrogens (tertiary/aromatic N) is 4. The van der Waals surface area contributed by atoms with E-state index < -0.39 is 0 Å². The second-order valence-corrected chi connectivity index (χ2v) is 7.46. The van der Waals surface area contributed by atoms with E-state index in [9.17, 15) is 4.79 Å².